The van der Waals surface area contributed by atoms with Crippen molar-refractivity contribution in [3.63, 3.8) is 0 Å². The number of hydrogen-bond donors (Lipinski definition) is 3. The second-order valence-corrected chi connectivity index (χ2v) is 10.1. The van der Waals surface area contributed by atoms with E-state index in [2.05, 4.69) is 36.4 Å². The topological polar surface area (TPSA) is 133 Å². The van der Waals surface area contributed by atoms with Gasteiger partial charge in [0.15, 0.2) is 6.10 Å². The van der Waals surface area contributed by atoms with E-state index in [0.29, 0.717) is 28.7 Å². The Morgan fingerprint density at radius 2 is 1.64 bits per heavy atom. The molecular weight excluding hydrogens is 496 g/mol. The fraction of sp³-hybridized carbons (Fsp3) is 0.241. The second-order valence-electron chi connectivity index (χ2n) is 10.1. The van der Waals surface area contributed by atoms with Crippen LogP contribution in [0.1, 0.15) is 43.8 Å². The Balaban J connectivity index is 1.45. The minimum atomic E-state index is -0.972. The number of ether oxygens (including phenoxy) is 2. The van der Waals surface area contributed by atoms with E-state index in [1.807, 2.05) is 37.3 Å². The van der Waals surface area contributed by atoms with E-state index in [-0.39, 0.29) is 5.41 Å². The maximum atomic E-state index is 12.9. The predicted octanol–water partition coefficient (Wildman–Crippen LogP) is 5.48. The highest BCUT2D eigenvalue weighted by Gasteiger charge is 2.22. The zero-order chi connectivity index (χ0) is 28.2. The zero-order valence-electron chi connectivity index (χ0n) is 22.6. The highest BCUT2D eigenvalue weighted by molar-refractivity contribution is 5.99. The number of benzene rings is 2. The molecule has 0 aliphatic rings. The van der Waals surface area contributed by atoms with Gasteiger partial charge in [0, 0.05) is 36.5 Å². The molecule has 1 atom stereocenters. The van der Waals surface area contributed by atoms with E-state index < -0.39 is 18.0 Å². The molecule has 0 saturated heterocycles. The van der Waals surface area contributed by atoms with Gasteiger partial charge in [-0.2, -0.15) is 5.10 Å². The van der Waals surface area contributed by atoms with Crippen molar-refractivity contribution in [1.29, 1.82) is 0 Å². The molecule has 2 aromatic heterocycles. The molecule has 0 saturated carbocycles. The van der Waals surface area contributed by atoms with Crippen LogP contribution in [-0.4, -0.2) is 33.8 Å². The lowest BCUT2D eigenvalue weighted by Gasteiger charge is -2.14. The summed E-state index contributed by atoms with van der Waals surface area (Å²) >= 11 is 0. The molecule has 4 rings (SSSR count). The van der Waals surface area contributed by atoms with Gasteiger partial charge in [0.05, 0.1) is 17.1 Å². The van der Waals surface area contributed by atoms with E-state index in [1.165, 1.54) is 13.3 Å². The summed E-state index contributed by atoms with van der Waals surface area (Å²) in [6.45, 7) is 8.24. The minimum absolute atomic E-state index is 0.196. The molecule has 0 spiro atoms. The number of primary amides is 1. The molecule has 3 amide bonds. The summed E-state index contributed by atoms with van der Waals surface area (Å²) in [4.78, 5) is 28.6. The Kier molecular flexibility index (Phi) is 7.96. The average Bonchev–Trinajstić information content (AvgIpc) is 3.30. The molecule has 1 unspecified atom stereocenters. The Labute approximate surface area is 227 Å². The number of urea groups is 1. The van der Waals surface area contributed by atoms with Crippen molar-refractivity contribution in [2.75, 3.05) is 17.7 Å². The van der Waals surface area contributed by atoms with Gasteiger partial charge in [-0.05, 0) is 49.4 Å². The SMILES string of the molecule is COC(C(N)=O)c1cc(Oc2ccc(NC(=O)Nc3cc(C(C)(C)C)nn3-c3ccc(C)cc3)cc2)ccn1. The first kappa shape index (κ1) is 27.3. The summed E-state index contributed by atoms with van der Waals surface area (Å²) in [5.74, 6) is 0.895. The van der Waals surface area contributed by atoms with Crippen molar-refractivity contribution in [3.05, 3.63) is 89.9 Å². The smallest absolute Gasteiger partial charge is 0.324 e. The van der Waals surface area contributed by atoms with Crippen LogP contribution in [0.25, 0.3) is 5.69 Å². The minimum Gasteiger partial charge on any atom is -0.457 e. The number of carbonyl (C=O) groups excluding carboxylic acids is 2. The molecule has 0 aliphatic carbocycles. The highest BCUT2D eigenvalue weighted by atomic mass is 16.5. The van der Waals surface area contributed by atoms with Crippen LogP contribution in [0.2, 0.25) is 0 Å². The Morgan fingerprint density at radius 1 is 0.949 bits per heavy atom. The lowest BCUT2D eigenvalue weighted by Crippen LogP contribution is -2.23. The van der Waals surface area contributed by atoms with E-state index in [0.717, 1.165) is 16.9 Å². The Hall–Kier alpha value is -4.70. The molecule has 39 heavy (non-hydrogen) atoms. The Morgan fingerprint density at radius 3 is 2.26 bits per heavy atom. The fourth-order valence-electron chi connectivity index (χ4n) is 3.76. The lowest BCUT2D eigenvalue weighted by atomic mass is 9.92. The summed E-state index contributed by atoms with van der Waals surface area (Å²) in [6, 6.07) is 19.5. The maximum Gasteiger partial charge on any atom is 0.324 e. The molecule has 10 nitrogen and oxygen atoms in total. The molecule has 202 valence electrons. The van der Waals surface area contributed by atoms with Gasteiger partial charge in [0.1, 0.15) is 17.3 Å². The number of aromatic nitrogens is 3. The van der Waals surface area contributed by atoms with Gasteiger partial charge >= 0.3 is 6.03 Å². The average molecular weight is 529 g/mol. The number of nitrogens with zero attached hydrogens (tertiary/aromatic N) is 3. The zero-order valence-corrected chi connectivity index (χ0v) is 22.6. The van der Waals surface area contributed by atoms with Crippen LogP contribution in [0.15, 0.2) is 72.9 Å². The predicted molar refractivity (Wildman–Crippen MR) is 149 cm³/mol. The van der Waals surface area contributed by atoms with Crippen LogP contribution in [-0.2, 0) is 14.9 Å². The van der Waals surface area contributed by atoms with Crippen molar-refractivity contribution in [3.8, 4) is 17.2 Å². The van der Waals surface area contributed by atoms with Crippen LogP contribution in [0.4, 0.5) is 16.3 Å². The quantitative estimate of drug-likeness (QED) is 0.277. The van der Waals surface area contributed by atoms with Gasteiger partial charge < -0.3 is 20.5 Å². The maximum absolute atomic E-state index is 12.9. The molecule has 0 bridgehead atoms. The van der Waals surface area contributed by atoms with Crippen molar-refractivity contribution in [2.45, 2.75) is 39.2 Å². The number of rotatable bonds is 8. The number of anilines is 2. The standard InChI is InChI=1S/C29H32N6O4/c1-18-6-10-20(11-7-18)35-25(17-24(34-35)29(2,3)4)33-28(37)32-19-8-12-21(13-9-19)39-22-14-15-31-23(16-22)26(38-5)27(30)36/h6-17,26H,1-5H3,(H2,30,36)(H2,32,33,37). The van der Waals surface area contributed by atoms with Gasteiger partial charge in [0.2, 0.25) is 0 Å². The van der Waals surface area contributed by atoms with E-state index in [1.54, 1.807) is 41.1 Å². The largest absolute Gasteiger partial charge is 0.457 e. The van der Waals surface area contributed by atoms with Crippen LogP contribution < -0.4 is 21.1 Å². The van der Waals surface area contributed by atoms with E-state index in [9.17, 15) is 9.59 Å². The molecule has 4 N–H and O–H groups in total. The Bertz CT molecular complexity index is 1460. The first-order chi connectivity index (χ1) is 18.5. The van der Waals surface area contributed by atoms with Crippen LogP contribution in [0, 0.1) is 6.92 Å². The third-order valence-electron chi connectivity index (χ3n) is 5.86. The molecule has 2 heterocycles. The molecule has 0 aliphatic heterocycles. The number of nitrogens with one attached hydrogen (secondary N) is 2. The van der Waals surface area contributed by atoms with Crippen LogP contribution in [0.5, 0.6) is 11.5 Å². The summed E-state index contributed by atoms with van der Waals surface area (Å²) in [6.07, 6.45) is 0.534. The summed E-state index contributed by atoms with van der Waals surface area (Å²) < 4.78 is 12.7. The fourth-order valence-corrected chi connectivity index (χ4v) is 3.76. The first-order valence-electron chi connectivity index (χ1n) is 12.3. The third-order valence-corrected chi connectivity index (χ3v) is 5.86. The van der Waals surface area contributed by atoms with Crippen molar-refractivity contribution in [1.82, 2.24) is 14.8 Å². The van der Waals surface area contributed by atoms with Crippen LogP contribution in [0.3, 0.4) is 0 Å². The number of hydrogen-bond acceptors (Lipinski definition) is 6. The summed E-state index contributed by atoms with van der Waals surface area (Å²) in [5, 5.41) is 10.5. The number of aryl methyl sites for hydroxylation is 1. The normalized spacial score (nSPS) is 12.0. The number of methoxy groups -OCH3 is 1. The van der Waals surface area contributed by atoms with Crippen molar-refractivity contribution < 1.29 is 19.1 Å². The molecule has 0 fully saturated rings. The molecule has 4 aromatic rings. The molecule has 2 aromatic carbocycles. The van der Waals surface area contributed by atoms with Crippen molar-refractivity contribution in [2.24, 2.45) is 5.73 Å². The van der Waals surface area contributed by atoms with Gasteiger partial charge in [-0.25, -0.2) is 9.48 Å². The second kappa shape index (κ2) is 11.4. The summed E-state index contributed by atoms with van der Waals surface area (Å²) in [7, 11) is 1.38. The number of amides is 3. The first-order valence-corrected chi connectivity index (χ1v) is 12.3. The molecular formula is C29H32N6O4. The lowest BCUT2D eigenvalue weighted by molar-refractivity contribution is -0.128. The van der Waals surface area contributed by atoms with Gasteiger partial charge in [-0.1, -0.05) is 38.5 Å². The van der Waals surface area contributed by atoms with E-state index in [4.69, 9.17) is 20.3 Å². The van der Waals surface area contributed by atoms with E-state index >= 15 is 0 Å². The third kappa shape index (κ3) is 6.79. The number of nitrogens with two attached hydrogens (primary N) is 1. The summed E-state index contributed by atoms with van der Waals surface area (Å²) in [5.41, 5.74) is 8.92. The number of carbonyl (C=O) groups is 2. The van der Waals surface area contributed by atoms with Crippen LogP contribution >= 0.6 is 0 Å². The highest BCUT2D eigenvalue weighted by Crippen LogP contribution is 2.28. The van der Waals surface area contributed by atoms with Gasteiger partial charge in [-0.3, -0.25) is 15.1 Å². The molecule has 10 heteroatoms. The van der Waals surface area contributed by atoms with Gasteiger partial charge in [-0.15, -0.1) is 0 Å². The monoisotopic (exact) mass is 528 g/mol. The van der Waals surface area contributed by atoms with Crippen molar-refractivity contribution >= 4 is 23.4 Å². The molecule has 0 radical (unpaired) electrons. The number of pyridine rings is 1. The van der Waals surface area contributed by atoms with Gasteiger partial charge in [0.25, 0.3) is 5.91 Å².